The van der Waals surface area contributed by atoms with E-state index in [0.717, 1.165) is 10.2 Å². The van der Waals surface area contributed by atoms with Gasteiger partial charge in [0.05, 0.1) is 14.2 Å². The second-order valence-corrected chi connectivity index (χ2v) is 6.61. The molecule has 0 radical (unpaired) electrons. The van der Waals surface area contributed by atoms with Crippen molar-refractivity contribution in [2.24, 2.45) is 0 Å². The highest BCUT2D eigenvalue weighted by Crippen LogP contribution is 2.31. The molecule has 2 heterocycles. The first kappa shape index (κ1) is 18.0. The molecular formula is C19H20N2O4S. The van der Waals surface area contributed by atoms with Gasteiger partial charge in [0.2, 0.25) is 5.91 Å². The number of fused-ring (bicyclic) bond motifs is 1. The molecular weight excluding hydrogens is 352 g/mol. The molecule has 136 valence electrons. The molecule has 1 aromatic carbocycles. The number of aromatic nitrogens is 1. The summed E-state index contributed by atoms with van der Waals surface area (Å²) in [5.74, 6) is 0.00514. The third-order valence-electron chi connectivity index (χ3n) is 4.18. The first-order valence-corrected chi connectivity index (χ1v) is 9.08. The molecule has 0 aliphatic carbocycles. The van der Waals surface area contributed by atoms with Gasteiger partial charge in [0.1, 0.15) is 22.3 Å². The fourth-order valence-corrected chi connectivity index (χ4v) is 3.87. The highest BCUT2D eigenvalue weighted by atomic mass is 32.1. The van der Waals surface area contributed by atoms with Crippen molar-refractivity contribution in [1.29, 1.82) is 0 Å². The maximum Gasteiger partial charge on any atom is 0.354 e. The van der Waals surface area contributed by atoms with Gasteiger partial charge in [0, 0.05) is 17.1 Å². The van der Waals surface area contributed by atoms with Gasteiger partial charge in [-0.1, -0.05) is 13.0 Å². The van der Waals surface area contributed by atoms with Crippen LogP contribution in [0.1, 0.15) is 29.9 Å². The van der Waals surface area contributed by atoms with Gasteiger partial charge in [-0.15, -0.1) is 11.3 Å². The maximum atomic E-state index is 13.0. The fourth-order valence-electron chi connectivity index (χ4n) is 2.93. The minimum Gasteiger partial charge on any atom is -0.497 e. The van der Waals surface area contributed by atoms with E-state index in [2.05, 4.69) is 5.32 Å². The summed E-state index contributed by atoms with van der Waals surface area (Å²) in [6.45, 7) is 1.91. The van der Waals surface area contributed by atoms with E-state index >= 15 is 0 Å². The molecule has 7 heteroatoms. The summed E-state index contributed by atoms with van der Waals surface area (Å²) in [7, 11) is 2.91. The van der Waals surface area contributed by atoms with Gasteiger partial charge >= 0.3 is 5.97 Å². The molecule has 0 saturated heterocycles. The van der Waals surface area contributed by atoms with Gasteiger partial charge in [-0.25, -0.2) is 4.79 Å². The predicted molar refractivity (Wildman–Crippen MR) is 102 cm³/mol. The molecule has 0 aliphatic heterocycles. The van der Waals surface area contributed by atoms with Crippen LogP contribution in [0.5, 0.6) is 5.75 Å². The van der Waals surface area contributed by atoms with Crippen LogP contribution in [0.2, 0.25) is 0 Å². The zero-order chi connectivity index (χ0) is 18.7. The fraction of sp³-hybridized carbons (Fsp3) is 0.263. The molecule has 2 aromatic heterocycles. The minimum absolute atomic E-state index is 0.197. The Kier molecular flexibility index (Phi) is 5.27. The lowest BCUT2D eigenvalue weighted by Crippen LogP contribution is -2.27. The van der Waals surface area contributed by atoms with Crippen molar-refractivity contribution in [2.75, 3.05) is 19.5 Å². The van der Waals surface area contributed by atoms with Crippen LogP contribution in [-0.4, -0.2) is 30.7 Å². The molecule has 0 bridgehead atoms. The first-order chi connectivity index (χ1) is 12.6. The number of benzene rings is 1. The molecule has 1 amide bonds. The second kappa shape index (κ2) is 7.61. The molecule has 3 aromatic rings. The topological polar surface area (TPSA) is 69.6 Å². The van der Waals surface area contributed by atoms with Crippen LogP contribution < -0.4 is 10.1 Å². The number of anilines is 1. The highest BCUT2D eigenvalue weighted by Gasteiger charge is 2.27. The molecule has 0 unspecified atom stereocenters. The maximum absolute atomic E-state index is 13.0. The van der Waals surface area contributed by atoms with Crippen molar-refractivity contribution in [3.8, 4) is 5.75 Å². The van der Waals surface area contributed by atoms with Crippen molar-refractivity contribution in [3.05, 3.63) is 47.5 Å². The zero-order valence-corrected chi connectivity index (χ0v) is 15.6. The number of esters is 1. The number of hydrogen-bond acceptors (Lipinski definition) is 5. The monoisotopic (exact) mass is 372 g/mol. The van der Waals surface area contributed by atoms with E-state index in [1.165, 1.54) is 18.4 Å². The lowest BCUT2D eigenvalue weighted by molar-refractivity contribution is -0.119. The number of hydrogen-bond donors (Lipinski definition) is 1. The largest absolute Gasteiger partial charge is 0.497 e. The molecule has 0 fully saturated rings. The van der Waals surface area contributed by atoms with Crippen molar-refractivity contribution in [3.63, 3.8) is 0 Å². The molecule has 0 spiro atoms. The van der Waals surface area contributed by atoms with Crippen LogP contribution in [0.25, 0.3) is 10.2 Å². The SMILES string of the molecule is CC[C@@H](C(=O)Nc1cccc(OC)c1)n1c(C(=O)OC)cc2ccsc21. The number of nitrogens with one attached hydrogen (secondary N) is 1. The second-order valence-electron chi connectivity index (χ2n) is 5.72. The summed E-state index contributed by atoms with van der Waals surface area (Å²) >= 11 is 1.49. The normalized spacial score (nSPS) is 12.0. The van der Waals surface area contributed by atoms with E-state index in [1.807, 2.05) is 30.5 Å². The van der Waals surface area contributed by atoms with Crippen molar-refractivity contribution in [2.45, 2.75) is 19.4 Å². The van der Waals surface area contributed by atoms with Gasteiger partial charge in [-0.05, 0) is 36.1 Å². The van der Waals surface area contributed by atoms with E-state index in [9.17, 15) is 9.59 Å². The Balaban J connectivity index is 1.97. The molecule has 0 aliphatic rings. The van der Waals surface area contributed by atoms with Crippen molar-refractivity contribution >= 4 is 39.1 Å². The van der Waals surface area contributed by atoms with E-state index in [4.69, 9.17) is 9.47 Å². The van der Waals surface area contributed by atoms with Gasteiger partial charge in [0.15, 0.2) is 0 Å². The smallest absolute Gasteiger partial charge is 0.354 e. The van der Waals surface area contributed by atoms with Crippen LogP contribution in [-0.2, 0) is 9.53 Å². The molecule has 1 N–H and O–H groups in total. The van der Waals surface area contributed by atoms with Crippen molar-refractivity contribution in [1.82, 2.24) is 4.57 Å². The minimum atomic E-state index is -0.536. The average molecular weight is 372 g/mol. The molecule has 6 nitrogen and oxygen atoms in total. The Morgan fingerprint density at radius 1 is 1.23 bits per heavy atom. The Hall–Kier alpha value is -2.80. The first-order valence-electron chi connectivity index (χ1n) is 8.20. The number of nitrogens with zero attached hydrogens (tertiary/aromatic N) is 1. The van der Waals surface area contributed by atoms with Crippen LogP contribution in [0.4, 0.5) is 5.69 Å². The number of carbonyl (C=O) groups is 2. The summed E-state index contributed by atoms with van der Waals surface area (Å²) in [5, 5.41) is 5.77. The molecule has 26 heavy (non-hydrogen) atoms. The molecule has 1 atom stereocenters. The van der Waals surface area contributed by atoms with Crippen LogP contribution in [0.3, 0.4) is 0 Å². The number of rotatable bonds is 6. The Bertz CT molecular complexity index is 944. The van der Waals surface area contributed by atoms with E-state index < -0.39 is 12.0 Å². The quantitative estimate of drug-likeness (QED) is 0.662. The van der Waals surface area contributed by atoms with Gasteiger partial charge in [-0.2, -0.15) is 0 Å². The number of thiophene rings is 1. The van der Waals surface area contributed by atoms with Crippen LogP contribution in [0, 0.1) is 0 Å². The lowest BCUT2D eigenvalue weighted by atomic mass is 10.2. The van der Waals surface area contributed by atoms with E-state index in [-0.39, 0.29) is 5.91 Å². The van der Waals surface area contributed by atoms with E-state index in [0.29, 0.717) is 23.6 Å². The van der Waals surface area contributed by atoms with Crippen molar-refractivity contribution < 1.29 is 19.1 Å². The summed E-state index contributed by atoms with van der Waals surface area (Å²) in [5.41, 5.74) is 1.02. The lowest BCUT2D eigenvalue weighted by Gasteiger charge is -2.20. The summed E-state index contributed by atoms with van der Waals surface area (Å²) in [4.78, 5) is 26.0. The predicted octanol–water partition coefficient (Wildman–Crippen LogP) is 4.09. The standard InChI is InChI=1S/C19H20N2O4S/c1-4-15(17(22)20-13-6-5-7-14(11-13)24-2)21-16(19(23)25-3)10-12-8-9-26-18(12)21/h5-11,15H,4H2,1-3H3,(H,20,22)/t15-/m0/s1. The van der Waals surface area contributed by atoms with Crippen LogP contribution >= 0.6 is 11.3 Å². The summed E-state index contributed by atoms with van der Waals surface area (Å²) in [6, 6.07) is 10.3. The Labute approximate surface area is 155 Å². The third kappa shape index (κ3) is 3.30. The molecule has 3 rings (SSSR count). The Morgan fingerprint density at radius 2 is 2.04 bits per heavy atom. The molecule has 0 saturated carbocycles. The summed E-state index contributed by atoms with van der Waals surface area (Å²) in [6.07, 6.45) is 0.529. The number of carbonyl (C=O) groups excluding carboxylic acids is 2. The number of amides is 1. The van der Waals surface area contributed by atoms with Gasteiger partial charge in [-0.3, -0.25) is 4.79 Å². The Morgan fingerprint density at radius 3 is 2.73 bits per heavy atom. The summed E-state index contributed by atoms with van der Waals surface area (Å²) < 4.78 is 11.9. The van der Waals surface area contributed by atoms with Gasteiger partial charge in [0.25, 0.3) is 0 Å². The highest BCUT2D eigenvalue weighted by molar-refractivity contribution is 7.16. The number of ether oxygens (including phenoxy) is 2. The van der Waals surface area contributed by atoms with E-state index in [1.54, 1.807) is 29.9 Å². The third-order valence-corrected chi connectivity index (χ3v) is 5.11. The zero-order valence-electron chi connectivity index (χ0n) is 14.8. The number of methoxy groups -OCH3 is 2. The van der Waals surface area contributed by atoms with Crippen LogP contribution in [0.15, 0.2) is 41.8 Å². The average Bonchev–Trinajstić information content (AvgIpc) is 3.24. The van der Waals surface area contributed by atoms with Gasteiger partial charge < -0.3 is 19.4 Å².